The van der Waals surface area contributed by atoms with E-state index in [9.17, 15) is 5.11 Å². The molecule has 1 aliphatic heterocycles. The minimum atomic E-state index is -0.620. The third kappa shape index (κ3) is 4.22. The summed E-state index contributed by atoms with van der Waals surface area (Å²) in [4.78, 5) is 5.88. The Morgan fingerprint density at radius 1 is 1.64 bits per heavy atom. The summed E-state index contributed by atoms with van der Waals surface area (Å²) >= 11 is 1.77. The first-order valence-corrected chi connectivity index (χ1v) is 5.46. The van der Waals surface area contributed by atoms with Gasteiger partial charge in [0.25, 0.3) is 0 Å². The summed E-state index contributed by atoms with van der Waals surface area (Å²) in [6, 6.07) is 0. The summed E-state index contributed by atoms with van der Waals surface area (Å²) in [5, 5.41) is 9.92. The van der Waals surface area contributed by atoms with Gasteiger partial charge in [-0.25, -0.2) is 0 Å². The Balaban J connectivity index is 0.00000169. The van der Waals surface area contributed by atoms with Gasteiger partial charge in [-0.3, -0.25) is 4.99 Å². The first-order valence-electron chi connectivity index (χ1n) is 4.31. The quantitative estimate of drug-likeness (QED) is 0.435. The summed E-state index contributed by atoms with van der Waals surface area (Å²) in [6.07, 6.45) is 0.821. The lowest BCUT2D eigenvalue weighted by Crippen LogP contribution is -2.36. The van der Waals surface area contributed by atoms with Crippen LogP contribution in [0, 0.1) is 0 Å². The fraction of sp³-hybridized carbons (Fsp3) is 0.875. The number of nitrogens with two attached hydrogens (primary N) is 1. The maximum atomic E-state index is 9.92. The van der Waals surface area contributed by atoms with Gasteiger partial charge in [0.05, 0.1) is 12.1 Å². The third-order valence-corrected chi connectivity index (χ3v) is 3.31. The Bertz CT molecular complexity index is 205. The highest BCUT2D eigenvalue weighted by Crippen LogP contribution is 2.27. The maximum absolute atomic E-state index is 9.92. The van der Waals surface area contributed by atoms with Gasteiger partial charge in [-0.15, -0.1) is 24.0 Å². The summed E-state index contributed by atoms with van der Waals surface area (Å²) < 4.78 is 0. The van der Waals surface area contributed by atoms with E-state index in [1.807, 2.05) is 14.1 Å². The van der Waals surface area contributed by atoms with Crippen LogP contribution in [0.3, 0.4) is 0 Å². The Kier molecular flexibility index (Phi) is 6.15. The highest BCUT2D eigenvalue weighted by Gasteiger charge is 2.31. The molecule has 1 rings (SSSR count). The Morgan fingerprint density at radius 3 is 2.71 bits per heavy atom. The molecule has 1 aliphatic rings. The summed E-state index contributed by atoms with van der Waals surface area (Å²) in [5.41, 5.74) is 4.99. The topological polar surface area (TPSA) is 61.8 Å². The van der Waals surface area contributed by atoms with Crippen molar-refractivity contribution < 1.29 is 5.11 Å². The largest absolute Gasteiger partial charge is 0.387 e. The number of hydrogen-bond donors (Lipinski definition) is 2. The van der Waals surface area contributed by atoms with Gasteiger partial charge in [0, 0.05) is 19.8 Å². The van der Waals surface area contributed by atoms with Gasteiger partial charge in [0.1, 0.15) is 0 Å². The molecule has 1 unspecified atom stereocenters. The molecule has 0 amide bonds. The number of halogens is 1. The van der Waals surface area contributed by atoms with E-state index in [-0.39, 0.29) is 24.0 Å². The summed E-state index contributed by atoms with van der Waals surface area (Å²) in [7, 11) is 3.68. The molecule has 4 nitrogen and oxygen atoms in total. The average molecular weight is 331 g/mol. The number of guanidine groups is 1. The van der Waals surface area contributed by atoms with Crippen molar-refractivity contribution in [1.82, 2.24) is 4.90 Å². The average Bonchev–Trinajstić information content (AvgIpc) is 2.48. The van der Waals surface area contributed by atoms with Crippen molar-refractivity contribution in [1.29, 1.82) is 0 Å². The minimum absolute atomic E-state index is 0. The number of rotatable bonds is 2. The van der Waals surface area contributed by atoms with Crippen LogP contribution < -0.4 is 5.73 Å². The molecule has 0 saturated carbocycles. The number of aliphatic imine (C=N–C) groups is 1. The van der Waals surface area contributed by atoms with Crippen LogP contribution in [0.4, 0.5) is 0 Å². The Hall–Kier alpha value is 0.310. The Morgan fingerprint density at radius 2 is 2.29 bits per heavy atom. The molecule has 14 heavy (non-hydrogen) atoms. The number of aliphatic hydroxyl groups is 1. The lowest BCUT2D eigenvalue weighted by molar-refractivity contribution is 0.0777. The van der Waals surface area contributed by atoms with Gasteiger partial charge in [0.2, 0.25) is 0 Å². The lowest BCUT2D eigenvalue weighted by atomic mass is 10.1. The zero-order chi connectivity index (χ0) is 9.90. The second-order valence-electron chi connectivity index (χ2n) is 3.60. The fourth-order valence-corrected chi connectivity index (χ4v) is 2.37. The van der Waals surface area contributed by atoms with Crippen LogP contribution in [-0.2, 0) is 0 Å². The second-order valence-corrected chi connectivity index (χ2v) is 4.70. The van der Waals surface area contributed by atoms with Crippen molar-refractivity contribution in [3.8, 4) is 0 Å². The van der Waals surface area contributed by atoms with Crippen molar-refractivity contribution in [2.45, 2.75) is 12.0 Å². The zero-order valence-corrected chi connectivity index (χ0v) is 11.7. The van der Waals surface area contributed by atoms with Crippen LogP contribution in [0.1, 0.15) is 6.42 Å². The van der Waals surface area contributed by atoms with E-state index >= 15 is 0 Å². The number of nitrogens with zero attached hydrogens (tertiary/aromatic N) is 2. The van der Waals surface area contributed by atoms with E-state index in [2.05, 4.69) is 4.99 Å². The van der Waals surface area contributed by atoms with E-state index in [4.69, 9.17) is 5.73 Å². The molecule has 0 aliphatic carbocycles. The van der Waals surface area contributed by atoms with Gasteiger partial charge < -0.3 is 15.7 Å². The highest BCUT2D eigenvalue weighted by molar-refractivity contribution is 14.0. The van der Waals surface area contributed by atoms with Crippen molar-refractivity contribution >= 4 is 41.7 Å². The van der Waals surface area contributed by atoms with Gasteiger partial charge in [0.15, 0.2) is 5.96 Å². The van der Waals surface area contributed by atoms with E-state index in [0.717, 1.165) is 17.9 Å². The van der Waals surface area contributed by atoms with Crippen LogP contribution in [0.25, 0.3) is 0 Å². The highest BCUT2D eigenvalue weighted by atomic mass is 127. The SMILES string of the molecule is CN(C)C(N)=NCC1(O)CCSC1.I. The van der Waals surface area contributed by atoms with Gasteiger partial charge in [-0.2, -0.15) is 11.8 Å². The molecular formula is C8H18IN3OS. The number of hydrogen-bond acceptors (Lipinski definition) is 3. The Labute approximate surface area is 106 Å². The van der Waals surface area contributed by atoms with Crippen molar-refractivity contribution in [2.24, 2.45) is 10.7 Å². The lowest BCUT2D eigenvalue weighted by Gasteiger charge is -2.19. The molecule has 1 heterocycles. The first-order chi connectivity index (χ1) is 6.03. The van der Waals surface area contributed by atoms with E-state index in [1.165, 1.54) is 0 Å². The van der Waals surface area contributed by atoms with E-state index in [1.54, 1.807) is 16.7 Å². The first kappa shape index (κ1) is 14.3. The predicted octanol–water partition coefficient (Wildman–Crippen LogP) is 0.349. The molecule has 0 spiro atoms. The number of thioether (sulfide) groups is 1. The summed E-state index contributed by atoms with van der Waals surface area (Å²) in [6.45, 7) is 0.421. The van der Waals surface area contributed by atoms with Gasteiger partial charge in [-0.1, -0.05) is 0 Å². The molecule has 3 N–H and O–H groups in total. The molecule has 1 saturated heterocycles. The predicted molar refractivity (Wildman–Crippen MR) is 72.5 cm³/mol. The minimum Gasteiger partial charge on any atom is -0.387 e. The molecule has 6 heteroatoms. The molecule has 0 aromatic heterocycles. The molecule has 84 valence electrons. The van der Waals surface area contributed by atoms with Gasteiger partial charge >= 0.3 is 0 Å². The second kappa shape index (κ2) is 6.02. The van der Waals surface area contributed by atoms with Crippen molar-refractivity contribution in [2.75, 3.05) is 32.1 Å². The van der Waals surface area contributed by atoms with Crippen molar-refractivity contribution in [3.63, 3.8) is 0 Å². The van der Waals surface area contributed by atoms with Crippen molar-refractivity contribution in [3.05, 3.63) is 0 Å². The summed E-state index contributed by atoms with van der Waals surface area (Å²) in [5.74, 6) is 2.27. The van der Waals surface area contributed by atoms with E-state index in [0.29, 0.717) is 12.5 Å². The molecule has 0 aromatic carbocycles. The smallest absolute Gasteiger partial charge is 0.190 e. The molecule has 0 aromatic rings. The fourth-order valence-electron chi connectivity index (χ4n) is 1.09. The standard InChI is InChI=1S/C8H17N3OS.HI/c1-11(2)7(9)10-5-8(12)3-4-13-6-8;/h12H,3-6H2,1-2H3,(H2,9,10);1H. The van der Waals surface area contributed by atoms with E-state index < -0.39 is 5.60 Å². The monoisotopic (exact) mass is 331 g/mol. The van der Waals surface area contributed by atoms with Crippen LogP contribution in [0.5, 0.6) is 0 Å². The molecule has 0 bridgehead atoms. The molecule has 0 radical (unpaired) electrons. The van der Waals surface area contributed by atoms with Crippen LogP contribution >= 0.6 is 35.7 Å². The molecular weight excluding hydrogens is 313 g/mol. The molecule has 1 atom stereocenters. The van der Waals surface area contributed by atoms with Crippen LogP contribution in [0.15, 0.2) is 4.99 Å². The molecule has 1 fully saturated rings. The zero-order valence-electron chi connectivity index (χ0n) is 8.56. The van der Waals surface area contributed by atoms with Crippen LogP contribution in [-0.4, -0.2) is 53.7 Å². The van der Waals surface area contributed by atoms with Crippen LogP contribution in [0.2, 0.25) is 0 Å². The van der Waals surface area contributed by atoms with Gasteiger partial charge in [-0.05, 0) is 12.2 Å². The maximum Gasteiger partial charge on any atom is 0.190 e. The normalized spacial score (nSPS) is 27.2. The third-order valence-electron chi connectivity index (χ3n) is 2.08.